The summed E-state index contributed by atoms with van der Waals surface area (Å²) < 4.78 is 11.0. The maximum absolute atomic E-state index is 13.8. The molecular weight excluding hydrogens is 570 g/mol. The van der Waals surface area contributed by atoms with E-state index in [1.165, 1.54) is 6.21 Å². The predicted molar refractivity (Wildman–Crippen MR) is 171 cm³/mol. The van der Waals surface area contributed by atoms with Crippen molar-refractivity contribution in [3.8, 4) is 11.5 Å². The Labute approximate surface area is 263 Å². The molecule has 0 radical (unpaired) electrons. The van der Waals surface area contributed by atoms with E-state index < -0.39 is 11.0 Å². The van der Waals surface area contributed by atoms with Gasteiger partial charge >= 0.3 is 0 Å². The minimum absolute atomic E-state index is 0.0394. The number of carbonyl (C=O) groups excluding carboxylic acids is 2. The van der Waals surface area contributed by atoms with E-state index in [2.05, 4.69) is 9.88 Å². The van der Waals surface area contributed by atoms with Crippen LogP contribution in [0.1, 0.15) is 58.7 Å². The SMILES string of the molecule is COc1cc(CN2C(=O)c3cccnc3C23CCN(c2cc(C(=O)N4CC(C=N)=C(N)C(C)(C)C4)ccn2)CC3)cc(OC)c1. The van der Waals surface area contributed by atoms with Crippen molar-refractivity contribution in [2.45, 2.75) is 38.8 Å². The van der Waals surface area contributed by atoms with Gasteiger partial charge in [-0.3, -0.25) is 14.6 Å². The Morgan fingerprint density at radius 3 is 2.42 bits per heavy atom. The summed E-state index contributed by atoms with van der Waals surface area (Å²) in [5, 5.41) is 7.79. The van der Waals surface area contributed by atoms with Gasteiger partial charge in [0.05, 0.1) is 31.0 Å². The molecule has 3 N–H and O–H groups in total. The zero-order chi connectivity index (χ0) is 31.9. The van der Waals surface area contributed by atoms with Crippen molar-refractivity contribution >= 4 is 23.8 Å². The second-order valence-corrected chi connectivity index (χ2v) is 12.6. The van der Waals surface area contributed by atoms with Crippen LogP contribution >= 0.6 is 0 Å². The lowest BCUT2D eigenvalue weighted by Gasteiger charge is -2.45. The van der Waals surface area contributed by atoms with E-state index in [0.717, 1.165) is 11.3 Å². The number of pyridine rings is 2. The molecule has 2 amide bonds. The first-order valence-corrected chi connectivity index (χ1v) is 15.1. The maximum Gasteiger partial charge on any atom is 0.256 e. The summed E-state index contributed by atoms with van der Waals surface area (Å²) in [6.45, 7) is 6.38. The molecule has 5 heterocycles. The van der Waals surface area contributed by atoms with Gasteiger partial charge < -0.3 is 35.3 Å². The van der Waals surface area contributed by atoms with Crippen LogP contribution in [0.5, 0.6) is 11.5 Å². The molecule has 45 heavy (non-hydrogen) atoms. The minimum atomic E-state index is -0.581. The van der Waals surface area contributed by atoms with E-state index in [9.17, 15) is 9.59 Å². The third-order valence-corrected chi connectivity index (χ3v) is 9.38. The summed E-state index contributed by atoms with van der Waals surface area (Å²) in [5.74, 6) is 1.88. The lowest BCUT2D eigenvalue weighted by molar-refractivity contribution is 0.0423. The van der Waals surface area contributed by atoms with Gasteiger partial charge in [0, 0.05) is 79.6 Å². The lowest BCUT2D eigenvalue weighted by atomic mass is 9.83. The second kappa shape index (κ2) is 11.5. The molecule has 0 saturated carbocycles. The van der Waals surface area contributed by atoms with E-state index in [0.29, 0.717) is 85.3 Å². The third kappa shape index (κ3) is 5.26. The van der Waals surface area contributed by atoms with Gasteiger partial charge in [-0.1, -0.05) is 13.8 Å². The smallest absolute Gasteiger partial charge is 0.256 e. The first-order valence-electron chi connectivity index (χ1n) is 15.1. The van der Waals surface area contributed by atoms with Crippen LogP contribution < -0.4 is 20.1 Å². The molecule has 3 aliphatic heterocycles. The van der Waals surface area contributed by atoms with E-state index in [1.807, 2.05) is 55.1 Å². The molecule has 0 aliphatic carbocycles. The molecule has 234 valence electrons. The van der Waals surface area contributed by atoms with Crippen LogP contribution in [-0.4, -0.2) is 78.2 Å². The Morgan fingerprint density at radius 2 is 1.76 bits per heavy atom. The number of carbonyl (C=O) groups is 2. The Hall–Kier alpha value is -4.93. The summed E-state index contributed by atoms with van der Waals surface area (Å²) in [4.78, 5) is 42.7. The Balaban J connectivity index is 1.24. The second-order valence-electron chi connectivity index (χ2n) is 12.6. The van der Waals surface area contributed by atoms with Crippen molar-refractivity contribution in [1.82, 2.24) is 19.8 Å². The molecule has 1 saturated heterocycles. The number of anilines is 1. The fourth-order valence-electron chi connectivity index (χ4n) is 6.91. The highest BCUT2D eigenvalue weighted by molar-refractivity contribution is 5.99. The molecule has 0 unspecified atom stereocenters. The molecule has 3 aromatic rings. The molecule has 11 nitrogen and oxygen atoms in total. The normalized spacial score (nSPS) is 18.7. The molecule has 1 aromatic carbocycles. The van der Waals surface area contributed by atoms with E-state index in [-0.39, 0.29) is 11.8 Å². The van der Waals surface area contributed by atoms with Crippen molar-refractivity contribution < 1.29 is 19.1 Å². The molecule has 1 fully saturated rings. The molecule has 2 aromatic heterocycles. The van der Waals surface area contributed by atoms with Crippen LogP contribution in [0.2, 0.25) is 0 Å². The highest BCUT2D eigenvalue weighted by Gasteiger charge is 2.52. The number of nitrogens with one attached hydrogen (secondary N) is 1. The average molecular weight is 610 g/mol. The number of benzene rings is 1. The van der Waals surface area contributed by atoms with Crippen LogP contribution in [0.25, 0.3) is 0 Å². The molecule has 1 spiro atoms. The van der Waals surface area contributed by atoms with Gasteiger partial charge in [-0.15, -0.1) is 0 Å². The minimum Gasteiger partial charge on any atom is -0.497 e. The van der Waals surface area contributed by atoms with Crippen molar-refractivity contribution in [1.29, 1.82) is 5.41 Å². The van der Waals surface area contributed by atoms with Gasteiger partial charge in [0.1, 0.15) is 17.3 Å². The zero-order valence-corrected chi connectivity index (χ0v) is 26.2. The molecule has 0 bridgehead atoms. The van der Waals surface area contributed by atoms with E-state index in [4.69, 9.17) is 25.6 Å². The van der Waals surface area contributed by atoms with E-state index >= 15 is 0 Å². The topological polar surface area (TPSA) is 138 Å². The summed E-state index contributed by atoms with van der Waals surface area (Å²) in [6.07, 6.45) is 5.96. The van der Waals surface area contributed by atoms with Crippen LogP contribution in [0.15, 0.2) is 66.1 Å². The Morgan fingerprint density at radius 1 is 1.04 bits per heavy atom. The number of ether oxygens (including phenoxy) is 2. The van der Waals surface area contributed by atoms with Gasteiger partial charge in [-0.05, 0) is 54.8 Å². The molecule has 0 atom stereocenters. The Kier molecular flexibility index (Phi) is 7.72. The molecule has 3 aliphatic rings. The fraction of sp³-hybridized carbons (Fsp3) is 0.382. The Bertz CT molecular complexity index is 1670. The number of methoxy groups -OCH3 is 2. The number of aromatic nitrogens is 2. The van der Waals surface area contributed by atoms with Gasteiger partial charge in [-0.25, -0.2) is 4.98 Å². The van der Waals surface area contributed by atoms with Crippen molar-refractivity contribution in [3.05, 3.63) is 88.5 Å². The number of amides is 2. The largest absolute Gasteiger partial charge is 0.497 e. The average Bonchev–Trinajstić information content (AvgIpc) is 3.28. The van der Waals surface area contributed by atoms with Crippen molar-refractivity contribution in [2.75, 3.05) is 45.3 Å². The number of rotatable bonds is 7. The zero-order valence-electron chi connectivity index (χ0n) is 26.2. The monoisotopic (exact) mass is 609 g/mol. The number of fused-ring (bicyclic) bond motifs is 2. The fourth-order valence-corrected chi connectivity index (χ4v) is 6.91. The number of hydrogen-bond acceptors (Lipinski definition) is 9. The standard InChI is InChI=1S/C34H39N7O4/c1-33(2)21-40(20-24(18-35)29(33)36)31(42)23-7-11-37-28(16-23)39-12-8-34(9-13-39)30-27(6-5-10-38-30)32(43)41(34)19-22-14-25(44-3)17-26(15-22)45-4/h5-7,10-11,14-18,35H,8-9,12-13,19-21,36H2,1-4H3. The summed E-state index contributed by atoms with van der Waals surface area (Å²) in [6, 6.07) is 12.9. The maximum atomic E-state index is 13.8. The summed E-state index contributed by atoms with van der Waals surface area (Å²) in [5.41, 5.74) is 9.48. The van der Waals surface area contributed by atoms with Crippen molar-refractivity contribution in [2.24, 2.45) is 11.1 Å². The first kappa shape index (κ1) is 30.1. The van der Waals surface area contributed by atoms with Crippen LogP contribution in [0, 0.1) is 10.8 Å². The van der Waals surface area contributed by atoms with Gasteiger partial charge in [0.2, 0.25) is 0 Å². The number of nitrogens with two attached hydrogens (primary N) is 1. The van der Waals surface area contributed by atoms with Crippen LogP contribution in [0.4, 0.5) is 5.82 Å². The third-order valence-electron chi connectivity index (χ3n) is 9.38. The summed E-state index contributed by atoms with van der Waals surface area (Å²) >= 11 is 0. The number of piperidine rings is 1. The first-order chi connectivity index (χ1) is 21.6. The van der Waals surface area contributed by atoms with Crippen molar-refractivity contribution in [3.63, 3.8) is 0 Å². The van der Waals surface area contributed by atoms with Crippen LogP contribution in [-0.2, 0) is 12.1 Å². The number of hydrogen-bond donors (Lipinski definition) is 2. The predicted octanol–water partition coefficient (Wildman–Crippen LogP) is 3.99. The molecule has 11 heteroatoms. The van der Waals surface area contributed by atoms with E-state index in [1.54, 1.807) is 37.6 Å². The van der Waals surface area contributed by atoms with Gasteiger partial charge in [0.15, 0.2) is 0 Å². The number of nitrogens with zero attached hydrogens (tertiary/aromatic N) is 5. The molecule has 6 rings (SSSR count). The van der Waals surface area contributed by atoms with Gasteiger partial charge in [0.25, 0.3) is 11.8 Å². The van der Waals surface area contributed by atoms with Crippen LogP contribution in [0.3, 0.4) is 0 Å². The quantitative estimate of drug-likeness (QED) is 0.384. The van der Waals surface area contributed by atoms with Gasteiger partial charge in [-0.2, -0.15) is 0 Å². The summed E-state index contributed by atoms with van der Waals surface area (Å²) in [7, 11) is 3.22. The lowest BCUT2D eigenvalue weighted by Crippen LogP contribution is -2.51. The highest BCUT2D eigenvalue weighted by Crippen LogP contribution is 2.47. The highest BCUT2D eigenvalue weighted by atomic mass is 16.5. The molecular formula is C34H39N7O4.